The fraction of sp³-hybridized carbons (Fsp3) is 0. The van der Waals surface area contributed by atoms with Crippen LogP contribution in [-0.4, -0.2) is 19.9 Å². The smallest absolute Gasteiger partial charge is 0.283 e. The lowest BCUT2D eigenvalue weighted by molar-refractivity contribution is 0.966. The molecule has 9 heteroatoms. The van der Waals surface area contributed by atoms with Crippen LogP contribution in [0.3, 0.4) is 0 Å². The summed E-state index contributed by atoms with van der Waals surface area (Å²) in [5.74, 6) is 5.47. The summed E-state index contributed by atoms with van der Waals surface area (Å²) >= 11 is 4.83. The third-order valence-electron chi connectivity index (χ3n) is 2.24. The highest BCUT2D eigenvalue weighted by atomic mass is 32.1. The molecule has 0 saturated heterocycles. The van der Waals surface area contributed by atoms with Gasteiger partial charge in [-0.2, -0.15) is 5.10 Å². The molecule has 9 N–H and O–H groups in total. The zero-order valence-electron chi connectivity index (χ0n) is 8.02. The van der Waals surface area contributed by atoms with Gasteiger partial charge in [0.05, 0.1) is 11.1 Å². The van der Waals surface area contributed by atoms with Gasteiger partial charge >= 0.3 is 0 Å². The van der Waals surface area contributed by atoms with Crippen LogP contribution >= 0.6 is 12.2 Å². The minimum atomic E-state index is -0.557. The number of hydrogen-bond acceptors (Lipinski definition) is 6. The Morgan fingerprint density at radius 1 is 1.44 bits per heavy atom. The summed E-state index contributed by atoms with van der Waals surface area (Å²) in [6.07, 6.45) is 0. The minimum Gasteiger partial charge on any atom is -0.389 e. The third-order valence-corrected chi connectivity index (χ3v) is 2.44. The van der Waals surface area contributed by atoms with Gasteiger partial charge < -0.3 is 23.0 Å². The molecule has 84 valence electrons. The van der Waals surface area contributed by atoms with Crippen molar-refractivity contribution in [3.63, 3.8) is 0 Å². The summed E-state index contributed by atoms with van der Waals surface area (Å²) in [7, 11) is 0. The highest BCUT2D eigenvalue weighted by Crippen LogP contribution is 2.21. The predicted molar refractivity (Wildman–Crippen MR) is 65.2 cm³/mol. The van der Waals surface area contributed by atoms with Crippen molar-refractivity contribution in [2.75, 3.05) is 17.3 Å². The van der Waals surface area contributed by atoms with Gasteiger partial charge in [0, 0.05) is 0 Å². The van der Waals surface area contributed by atoms with E-state index in [9.17, 15) is 4.79 Å². The van der Waals surface area contributed by atoms with Crippen molar-refractivity contribution in [2.24, 2.45) is 5.73 Å². The van der Waals surface area contributed by atoms with Crippen molar-refractivity contribution in [2.45, 2.75) is 0 Å². The van der Waals surface area contributed by atoms with Gasteiger partial charge in [0.1, 0.15) is 16.2 Å². The molecule has 0 atom stereocenters. The van der Waals surface area contributed by atoms with Crippen molar-refractivity contribution in [1.82, 2.24) is 14.9 Å². The van der Waals surface area contributed by atoms with Gasteiger partial charge in [-0.15, -0.1) is 0 Å². The number of nitrogens with two attached hydrogens (primary N) is 4. The molecule has 16 heavy (non-hydrogen) atoms. The van der Waals surface area contributed by atoms with Crippen molar-refractivity contribution in [1.29, 1.82) is 0 Å². The van der Waals surface area contributed by atoms with Crippen LogP contribution in [0.25, 0.3) is 10.9 Å². The Bertz CT molecular complexity index is 655. The van der Waals surface area contributed by atoms with Gasteiger partial charge in [0.2, 0.25) is 0 Å². The molecule has 0 amide bonds. The molecule has 2 rings (SSSR count). The van der Waals surface area contributed by atoms with Crippen LogP contribution in [0.4, 0.5) is 11.6 Å². The number of aromatic amines is 1. The number of anilines is 2. The molecule has 0 spiro atoms. The summed E-state index contributed by atoms with van der Waals surface area (Å²) < 4.78 is 0.739. The maximum atomic E-state index is 11.7. The van der Waals surface area contributed by atoms with Crippen LogP contribution in [0.2, 0.25) is 0 Å². The van der Waals surface area contributed by atoms with Gasteiger partial charge in [-0.25, -0.2) is 4.68 Å². The highest BCUT2D eigenvalue weighted by molar-refractivity contribution is 7.80. The molecule has 0 bridgehead atoms. The Morgan fingerprint density at radius 2 is 2.06 bits per heavy atom. The second-order valence-corrected chi connectivity index (χ2v) is 3.60. The second-order valence-electron chi connectivity index (χ2n) is 3.16. The Labute approximate surface area is 94.2 Å². The van der Waals surface area contributed by atoms with E-state index in [1.54, 1.807) is 0 Å². The number of rotatable bonds is 1. The molecular formula is C7H9N7OS. The van der Waals surface area contributed by atoms with E-state index in [4.69, 9.17) is 35.3 Å². The monoisotopic (exact) mass is 239 g/mol. The largest absolute Gasteiger partial charge is 0.389 e. The number of fused-ring (bicyclic) bond motifs is 1. The number of nitrogens with one attached hydrogen (secondary N) is 1. The molecule has 0 aliphatic rings. The normalized spacial score (nSPS) is 10.8. The van der Waals surface area contributed by atoms with Crippen molar-refractivity contribution < 1.29 is 0 Å². The Kier molecular flexibility index (Phi) is 1.98. The Balaban J connectivity index is 3.12. The van der Waals surface area contributed by atoms with Crippen LogP contribution in [0.15, 0.2) is 4.79 Å². The first kappa shape index (κ1) is 10.2. The SMILES string of the molecule is NC(=S)c1c(N)n(N)c(=O)c2c(N)n[nH]c12. The number of pyridine rings is 1. The average Bonchev–Trinajstić information content (AvgIpc) is 2.57. The first-order valence-corrected chi connectivity index (χ1v) is 4.59. The summed E-state index contributed by atoms with van der Waals surface area (Å²) in [6.45, 7) is 0. The molecule has 0 aromatic carbocycles. The molecule has 0 aliphatic carbocycles. The van der Waals surface area contributed by atoms with Gasteiger partial charge in [-0.3, -0.25) is 9.89 Å². The van der Waals surface area contributed by atoms with E-state index in [2.05, 4.69) is 10.2 Å². The average molecular weight is 239 g/mol. The van der Waals surface area contributed by atoms with E-state index in [-0.39, 0.29) is 27.6 Å². The fourth-order valence-corrected chi connectivity index (χ4v) is 1.69. The highest BCUT2D eigenvalue weighted by Gasteiger charge is 2.19. The number of aromatic nitrogens is 3. The number of nitrogen functional groups attached to an aromatic ring is 3. The molecule has 0 radical (unpaired) electrons. The van der Waals surface area contributed by atoms with E-state index < -0.39 is 5.56 Å². The maximum absolute atomic E-state index is 11.7. The van der Waals surface area contributed by atoms with Gasteiger partial charge in [-0.1, -0.05) is 12.2 Å². The molecule has 2 heterocycles. The third kappa shape index (κ3) is 1.11. The van der Waals surface area contributed by atoms with Crippen molar-refractivity contribution in [3.8, 4) is 0 Å². The molecule has 2 aromatic rings. The van der Waals surface area contributed by atoms with Crippen LogP contribution in [0.5, 0.6) is 0 Å². The molecule has 8 nitrogen and oxygen atoms in total. The summed E-state index contributed by atoms with van der Waals surface area (Å²) in [6, 6.07) is 0. The Hall–Kier alpha value is -2.29. The second kappa shape index (κ2) is 3.10. The molecule has 0 unspecified atom stereocenters. The number of thiocarbonyl (C=S) groups is 1. The zero-order chi connectivity index (χ0) is 12.0. The summed E-state index contributed by atoms with van der Waals surface area (Å²) in [4.78, 5) is 11.7. The van der Waals surface area contributed by atoms with E-state index in [0.29, 0.717) is 5.52 Å². The molecule has 0 fully saturated rings. The lowest BCUT2D eigenvalue weighted by atomic mass is 10.2. The molecule has 0 aliphatic heterocycles. The van der Waals surface area contributed by atoms with E-state index in [1.807, 2.05) is 0 Å². The lowest BCUT2D eigenvalue weighted by Gasteiger charge is -2.09. The zero-order valence-corrected chi connectivity index (χ0v) is 8.84. The van der Waals surface area contributed by atoms with Gasteiger partial charge in [0.15, 0.2) is 5.82 Å². The molecule has 2 aromatic heterocycles. The molecule has 0 saturated carbocycles. The van der Waals surface area contributed by atoms with Gasteiger partial charge in [-0.05, 0) is 0 Å². The number of nitrogens with zero attached hydrogens (tertiary/aromatic N) is 2. The van der Waals surface area contributed by atoms with Crippen LogP contribution in [0, 0.1) is 0 Å². The van der Waals surface area contributed by atoms with E-state index >= 15 is 0 Å². The minimum absolute atomic E-state index is 0.00495. The van der Waals surface area contributed by atoms with E-state index in [0.717, 1.165) is 4.68 Å². The molecular weight excluding hydrogens is 230 g/mol. The topological polar surface area (TPSA) is 155 Å². The fourth-order valence-electron chi connectivity index (χ4n) is 1.48. The Morgan fingerprint density at radius 3 is 2.62 bits per heavy atom. The van der Waals surface area contributed by atoms with Crippen LogP contribution < -0.4 is 28.6 Å². The standard InChI is InChI=1S/C7H9N7OS/c8-4-1-3(12-13-4)2(6(10)16)5(9)14(11)7(1)15/h9,11H2,(H2,10,16)(H3,8,12,13). The number of hydrogen-bond donors (Lipinski definition) is 5. The maximum Gasteiger partial charge on any atom is 0.283 e. The first-order valence-electron chi connectivity index (χ1n) is 4.18. The quantitative estimate of drug-likeness (QED) is 0.291. The lowest BCUT2D eigenvalue weighted by Crippen LogP contribution is -2.32. The number of H-pyrrole nitrogens is 1. The first-order chi connectivity index (χ1) is 7.45. The van der Waals surface area contributed by atoms with Crippen molar-refractivity contribution in [3.05, 3.63) is 15.9 Å². The van der Waals surface area contributed by atoms with Crippen LogP contribution in [-0.2, 0) is 0 Å². The van der Waals surface area contributed by atoms with Crippen molar-refractivity contribution >= 4 is 39.7 Å². The van der Waals surface area contributed by atoms with Crippen LogP contribution in [0.1, 0.15) is 5.56 Å². The summed E-state index contributed by atoms with van der Waals surface area (Å²) in [5, 5.41) is 6.37. The van der Waals surface area contributed by atoms with Gasteiger partial charge in [0.25, 0.3) is 5.56 Å². The van der Waals surface area contributed by atoms with E-state index in [1.165, 1.54) is 0 Å². The summed E-state index contributed by atoms with van der Waals surface area (Å²) in [5.41, 5.74) is 16.7. The predicted octanol–water partition coefficient (Wildman–Crippen LogP) is -1.76.